The zero-order chi connectivity index (χ0) is 11.3. The average molecular weight is 201 g/mol. The lowest BCUT2D eigenvalue weighted by atomic mass is 9.86. The molecule has 15 heavy (non-hydrogen) atoms. The fourth-order valence-electron chi connectivity index (χ4n) is 1.43. The molecule has 0 radical (unpaired) electrons. The molecule has 80 valence electrons. The average Bonchev–Trinajstić information content (AvgIpc) is 2.27. The Bertz CT molecular complexity index is 358. The summed E-state index contributed by atoms with van der Waals surface area (Å²) in [5.74, 6) is 0. The summed E-state index contributed by atoms with van der Waals surface area (Å²) in [6.45, 7) is 6.10. The second-order valence-corrected chi connectivity index (χ2v) is 3.94. The van der Waals surface area contributed by atoms with E-state index >= 15 is 0 Å². The first-order valence-electron chi connectivity index (χ1n) is 5.23. The van der Waals surface area contributed by atoms with Crippen LogP contribution in [0.3, 0.4) is 0 Å². The highest BCUT2D eigenvalue weighted by molar-refractivity contribution is 5.34. The number of hydrogen-bond acceptors (Lipinski definition) is 1. The van der Waals surface area contributed by atoms with Crippen molar-refractivity contribution in [1.29, 1.82) is 0 Å². The minimum atomic E-state index is -0.388. The highest BCUT2D eigenvalue weighted by Gasteiger charge is 2.22. The zero-order valence-electron chi connectivity index (χ0n) is 9.70. The summed E-state index contributed by atoms with van der Waals surface area (Å²) in [6, 6.07) is 10.2. The van der Waals surface area contributed by atoms with Crippen molar-refractivity contribution in [2.75, 3.05) is 0 Å². The molecule has 0 aliphatic rings. The van der Waals surface area contributed by atoms with Crippen LogP contribution < -0.4 is 5.73 Å². The third-order valence-electron chi connectivity index (χ3n) is 2.73. The van der Waals surface area contributed by atoms with Crippen LogP contribution in [-0.4, -0.2) is 0 Å². The van der Waals surface area contributed by atoms with Crippen LogP contribution >= 0.6 is 0 Å². The lowest BCUT2D eigenvalue weighted by molar-refractivity contribution is 0.587. The maximum absolute atomic E-state index is 6.32. The molecule has 0 amide bonds. The molecule has 2 N–H and O–H groups in total. The molecule has 1 unspecified atom stereocenters. The smallest absolute Gasteiger partial charge is 0.0596 e. The van der Waals surface area contributed by atoms with Crippen molar-refractivity contribution < 1.29 is 0 Å². The van der Waals surface area contributed by atoms with Crippen LogP contribution in [0.4, 0.5) is 0 Å². The van der Waals surface area contributed by atoms with Crippen LogP contribution in [0.15, 0.2) is 54.1 Å². The predicted molar refractivity (Wildman–Crippen MR) is 66.6 cm³/mol. The molecule has 1 nitrogen and oxygen atoms in total. The molecular weight excluding hydrogens is 182 g/mol. The van der Waals surface area contributed by atoms with Gasteiger partial charge in [-0.05, 0) is 31.9 Å². The summed E-state index contributed by atoms with van der Waals surface area (Å²) in [6.07, 6.45) is 6.08. The van der Waals surface area contributed by atoms with E-state index in [0.29, 0.717) is 0 Å². The molecule has 0 bridgehead atoms. The van der Waals surface area contributed by atoms with Gasteiger partial charge in [-0.25, -0.2) is 0 Å². The number of allylic oxidation sites excluding steroid dienone is 3. The monoisotopic (exact) mass is 201 g/mol. The van der Waals surface area contributed by atoms with Gasteiger partial charge in [0.1, 0.15) is 0 Å². The number of benzene rings is 1. The summed E-state index contributed by atoms with van der Waals surface area (Å²) < 4.78 is 0. The predicted octanol–water partition coefficient (Wildman–Crippen LogP) is 3.38. The molecule has 0 spiro atoms. The maximum atomic E-state index is 6.32. The third-order valence-corrected chi connectivity index (χ3v) is 2.73. The molecular formula is C14H19N. The van der Waals surface area contributed by atoms with E-state index in [9.17, 15) is 0 Å². The summed E-state index contributed by atoms with van der Waals surface area (Å²) in [4.78, 5) is 0. The van der Waals surface area contributed by atoms with Gasteiger partial charge in [-0.15, -0.1) is 0 Å². The first-order chi connectivity index (χ1) is 7.09. The molecule has 0 aliphatic carbocycles. The van der Waals surface area contributed by atoms with Gasteiger partial charge >= 0.3 is 0 Å². The molecule has 0 aromatic heterocycles. The number of rotatable bonds is 3. The van der Waals surface area contributed by atoms with Gasteiger partial charge in [0.05, 0.1) is 5.54 Å². The molecule has 1 rings (SSSR count). The van der Waals surface area contributed by atoms with Gasteiger partial charge in [-0.1, -0.05) is 48.6 Å². The molecule has 1 atom stereocenters. The Hall–Kier alpha value is -1.34. The van der Waals surface area contributed by atoms with Gasteiger partial charge in [0, 0.05) is 0 Å². The standard InChI is InChI=1S/C14H19N/c1-4-5-9-12(2)14(3,15)13-10-7-6-8-11-13/h4-11H,15H2,1-3H3/b5-4-,12-9+. The number of nitrogens with two attached hydrogens (primary N) is 1. The van der Waals surface area contributed by atoms with Crippen LogP contribution in [0.5, 0.6) is 0 Å². The van der Waals surface area contributed by atoms with Crippen molar-refractivity contribution >= 4 is 0 Å². The highest BCUT2D eigenvalue weighted by Crippen LogP contribution is 2.25. The Labute approximate surface area is 92.3 Å². The topological polar surface area (TPSA) is 26.0 Å². The van der Waals surface area contributed by atoms with E-state index in [-0.39, 0.29) is 5.54 Å². The molecule has 0 heterocycles. The van der Waals surface area contributed by atoms with Crippen molar-refractivity contribution in [2.45, 2.75) is 26.3 Å². The Morgan fingerprint density at radius 2 is 1.87 bits per heavy atom. The van der Waals surface area contributed by atoms with Gasteiger partial charge in [0.2, 0.25) is 0 Å². The van der Waals surface area contributed by atoms with Crippen molar-refractivity contribution in [3.8, 4) is 0 Å². The lowest BCUT2D eigenvalue weighted by Gasteiger charge is -2.26. The molecule has 0 fully saturated rings. The second-order valence-electron chi connectivity index (χ2n) is 3.94. The summed E-state index contributed by atoms with van der Waals surface area (Å²) in [5.41, 5.74) is 8.23. The van der Waals surface area contributed by atoms with Crippen LogP contribution in [0.25, 0.3) is 0 Å². The summed E-state index contributed by atoms with van der Waals surface area (Å²) in [5, 5.41) is 0. The maximum Gasteiger partial charge on any atom is 0.0596 e. The van der Waals surface area contributed by atoms with E-state index < -0.39 is 0 Å². The SMILES string of the molecule is C/C=C\C=C(/C)C(C)(N)c1ccccc1. The van der Waals surface area contributed by atoms with Gasteiger partial charge in [-0.3, -0.25) is 0 Å². The molecule has 0 aliphatic heterocycles. The van der Waals surface area contributed by atoms with Crippen LogP contribution in [0.2, 0.25) is 0 Å². The van der Waals surface area contributed by atoms with Crippen molar-refractivity contribution in [1.82, 2.24) is 0 Å². The van der Waals surface area contributed by atoms with Gasteiger partial charge < -0.3 is 5.73 Å². The fourth-order valence-corrected chi connectivity index (χ4v) is 1.43. The van der Waals surface area contributed by atoms with Crippen molar-refractivity contribution in [2.24, 2.45) is 5.73 Å². The van der Waals surface area contributed by atoms with E-state index in [1.165, 1.54) is 0 Å². The summed E-state index contributed by atoms with van der Waals surface area (Å²) >= 11 is 0. The van der Waals surface area contributed by atoms with Crippen LogP contribution in [-0.2, 0) is 5.54 Å². The third kappa shape index (κ3) is 2.80. The quantitative estimate of drug-likeness (QED) is 0.745. The highest BCUT2D eigenvalue weighted by atomic mass is 14.7. The molecule has 1 aromatic carbocycles. The van der Waals surface area contributed by atoms with Crippen LogP contribution in [0.1, 0.15) is 26.3 Å². The first-order valence-corrected chi connectivity index (χ1v) is 5.23. The molecule has 1 aromatic rings. The minimum Gasteiger partial charge on any atom is -0.318 e. The second kappa shape index (κ2) is 4.94. The number of hydrogen-bond donors (Lipinski definition) is 1. The van der Waals surface area contributed by atoms with Crippen molar-refractivity contribution in [3.05, 3.63) is 59.7 Å². The Kier molecular flexibility index (Phi) is 3.87. The van der Waals surface area contributed by atoms with E-state index in [0.717, 1.165) is 11.1 Å². The van der Waals surface area contributed by atoms with E-state index in [1.54, 1.807) is 0 Å². The molecule has 1 heteroatoms. The first kappa shape index (κ1) is 11.7. The van der Waals surface area contributed by atoms with Crippen LogP contribution in [0, 0.1) is 0 Å². The Morgan fingerprint density at radius 3 is 2.40 bits per heavy atom. The van der Waals surface area contributed by atoms with E-state index in [4.69, 9.17) is 5.73 Å². The molecule has 0 saturated carbocycles. The Morgan fingerprint density at radius 1 is 1.27 bits per heavy atom. The van der Waals surface area contributed by atoms with E-state index in [1.807, 2.05) is 44.2 Å². The largest absolute Gasteiger partial charge is 0.318 e. The van der Waals surface area contributed by atoms with E-state index in [2.05, 4.69) is 25.1 Å². The lowest BCUT2D eigenvalue weighted by Crippen LogP contribution is -2.34. The van der Waals surface area contributed by atoms with Gasteiger partial charge in [0.25, 0.3) is 0 Å². The summed E-state index contributed by atoms with van der Waals surface area (Å²) in [7, 11) is 0. The van der Waals surface area contributed by atoms with Gasteiger partial charge in [0.15, 0.2) is 0 Å². The fraction of sp³-hybridized carbons (Fsp3) is 0.286. The normalized spacial score (nSPS) is 16.7. The minimum absolute atomic E-state index is 0.388. The van der Waals surface area contributed by atoms with Gasteiger partial charge in [-0.2, -0.15) is 0 Å². The van der Waals surface area contributed by atoms with Crippen molar-refractivity contribution in [3.63, 3.8) is 0 Å². The molecule has 0 saturated heterocycles. The Balaban J connectivity index is 3.02. The zero-order valence-corrected chi connectivity index (χ0v) is 9.70.